The van der Waals surface area contributed by atoms with Crippen LogP contribution in [-0.4, -0.2) is 48.4 Å². The number of hydrogen-bond acceptors (Lipinski definition) is 5. The fourth-order valence-corrected chi connectivity index (χ4v) is 3.26. The van der Waals surface area contributed by atoms with Gasteiger partial charge in [-0.05, 0) is 37.8 Å². The second-order valence-corrected chi connectivity index (χ2v) is 7.17. The maximum absolute atomic E-state index is 12.5. The van der Waals surface area contributed by atoms with Gasteiger partial charge in [-0.25, -0.2) is 0 Å². The zero-order valence-corrected chi connectivity index (χ0v) is 16.4. The molecule has 1 aliphatic heterocycles. The Morgan fingerprint density at radius 2 is 1.79 bits per heavy atom. The molecule has 0 saturated carbocycles. The molecule has 1 aliphatic rings. The van der Waals surface area contributed by atoms with Crippen molar-refractivity contribution in [3.05, 3.63) is 35.9 Å². The number of unbranched alkanes of at least 4 members (excludes halogenated alkanes) is 2. The average molecular weight is 389 g/mol. The number of benzene rings is 1. The van der Waals surface area contributed by atoms with Crippen LogP contribution in [0.1, 0.15) is 50.5 Å². The Bertz CT molecular complexity index is 630. The number of rotatable bonds is 12. The van der Waals surface area contributed by atoms with Gasteiger partial charge in [0.1, 0.15) is 6.61 Å². The standard InChI is InChI=1S/C21H31N3O4/c22-19(25)15-18(21(27)24-13-7-8-14-24)23-12-6-2-5-11-20(26)28-16-17-9-3-1-4-10-17/h1,3-4,9-10,18,23H,2,5-8,11-16H2,(H2,22,25). The molecule has 3 N–H and O–H groups in total. The Morgan fingerprint density at radius 3 is 2.46 bits per heavy atom. The van der Waals surface area contributed by atoms with Crippen LogP contribution < -0.4 is 11.1 Å². The molecule has 0 aromatic heterocycles. The normalized spacial score (nSPS) is 14.6. The van der Waals surface area contributed by atoms with Crippen LogP contribution in [0.15, 0.2) is 30.3 Å². The molecular formula is C21H31N3O4. The highest BCUT2D eigenvalue weighted by molar-refractivity contribution is 5.87. The van der Waals surface area contributed by atoms with Gasteiger partial charge in [0.25, 0.3) is 0 Å². The van der Waals surface area contributed by atoms with Crippen molar-refractivity contribution in [2.45, 2.75) is 57.6 Å². The van der Waals surface area contributed by atoms with Crippen LogP contribution in [0.2, 0.25) is 0 Å². The van der Waals surface area contributed by atoms with E-state index >= 15 is 0 Å². The van der Waals surface area contributed by atoms with E-state index in [1.54, 1.807) is 4.90 Å². The number of primary amides is 1. The molecule has 0 spiro atoms. The van der Waals surface area contributed by atoms with Crippen molar-refractivity contribution in [3.8, 4) is 0 Å². The third-order valence-corrected chi connectivity index (χ3v) is 4.81. The minimum absolute atomic E-state index is 0.0150. The third-order valence-electron chi connectivity index (χ3n) is 4.81. The summed E-state index contributed by atoms with van der Waals surface area (Å²) in [5.74, 6) is -0.723. The number of amides is 2. The predicted molar refractivity (Wildman–Crippen MR) is 106 cm³/mol. The highest BCUT2D eigenvalue weighted by Crippen LogP contribution is 2.11. The van der Waals surface area contributed by atoms with Gasteiger partial charge in [0, 0.05) is 19.5 Å². The predicted octanol–water partition coefficient (Wildman–Crippen LogP) is 1.75. The molecular weight excluding hydrogens is 358 g/mol. The lowest BCUT2D eigenvalue weighted by Gasteiger charge is -2.23. The summed E-state index contributed by atoms with van der Waals surface area (Å²) in [5.41, 5.74) is 6.26. The van der Waals surface area contributed by atoms with Crippen LogP contribution in [0.4, 0.5) is 0 Å². The minimum Gasteiger partial charge on any atom is -0.461 e. The van der Waals surface area contributed by atoms with Crippen molar-refractivity contribution in [1.29, 1.82) is 0 Å². The second-order valence-electron chi connectivity index (χ2n) is 7.17. The van der Waals surface area contributed by atoms with E-state index in [9.17, 15) is 14.4 Å². The number of likely N-dealkylation sites (tertiary alicyclic amines) is 1. The lowest BCUT2D eigenvalue weighted by Crippen LogP contribution is -2.47. The number of nitrogens with zero attached hydrogens (tertiary/aromatic N) is 1. The fourth-order valence-electron chi connectivity index (χ4n) is 3.26. The molecule has 1 heterocycles. The van der Waals surface area contributed by atoms with Crippen molar-refractivity contribution in [2.75, 3.05) is 19.6 Å². The SMILES string of the molecule is NC(=O)CC(NCCCCCC(=O)OCc1ccccc1)C(=O)N1CCCC1. The Labute approximate surface area is 166 Å². The number of ether oxygens (including phenoxy) is 1. The van der Waals surface area contributed by atoms with Crippen molar-refractivity contribution in [2.24, 2.45) is 5.73 Å². The number of hydrogen-bond donors (Lipinski definition) is 2. The first-order chi connectivity index (χ1) is 13.6. The largest absolute Gasteiger partial charge is 0.461 e. The number of carbonyl (C=O) groups excluding carboxylic acids is 3. The molecule has 154 valence electrons. The minimum atomic E-state index is -0.550. The van der Waals surface area contributed by atoms with Crippen LogP contribution in [0.5, 0.6) is 0 Å². The Kier molecular flexibility index (Phi) is 9.48. The van der Waals surface area contributed by atoms with Gasteiger partial charge in [0.05, 0.1) is 12.5 Å². The summed E-state index contributed by atoms with van der Waals surface area (Å²) in [7, 11) is 0. The first-order valence-corrected chi connectivity index (χ1v) is 10.1. The van der Waals surface area contributed by atoms with Gasteiger partial charge in [-0.2, -0.15) is 0 Å². The molecule has 0 aliphatic carbocycles. The third kappa shape index (κ3) is 8.08. The Hall–Kier alpha value is -2.41. The van der Waals surface area contributed by atoms with E-state index in [-0.39, 0.29) is 18.3 Å². The smallest absolute Gasteiger partial charge is 0.306 e. The van der Waals surface area contributed by atoms with E-state index in [1.807, 2.05) is 30.3 Å². The molecule has 28 heavy (non-hydrogen) atoms. The average Bonchev–Trinajstić information content (AvgIpc) is 3.23. The van der Waals surface area contributed by atoms with E-state index < -0.39 is 11.9 Å². The van der Waals surface area contributed by atoms with Gasteiger partial charge in [0.15, 0.2) is 0 Å². The summed E-state index contributed by atoms with van der Waals surface area (Å²) in [4.78, 5) is 37.3. The van der Waals surface area contributed by atoms with Crippen molar-refractivity contribution in [3.63, 3.8) is 0 Å². The quantitative estimate of drug-likeness (QED) is 0.419. The van der Waals surface area contributed by atoms with Gasteiger partial charge in [-0.3, -0.25) is 14.4 Å². The molecule has 1 saturated heterocycles. The van der Waals surface area contributed by atoms with E-state index in [0.29, 0.717) is 19.6 Å². The molecule has 1 unspecified atom stereocenters. The zero-order valence-electron chi connectivity index (χ0n) is 16.4. The first-order valence-electron chi connectivity index (χ1n) is 10.1. The Morgan fingerprint density at radius 1 is 1.07 bits per heavy atom. The van der Waals surface area contributed by atoms with Gasteiger partial charge in [0.2, 0.25) is 11.8 Å². The van der Waals surface area contributed by atoms with Gasteiger partial charge in [-0.1, -0.05) is 36.8 Å². The molecule has 0 radical (unpaired) electrons. The van der Waals surface area contributed by atoms with Crippen molar-refractivity contribution in [1.82, 2.24) is 10.2 Å². The van der Waals surface area contributed by atoms with Gasteiger partial charge >= 0.3 is 5.97 Å². The molecule has 2 amide bonds. The summed E-state index contributed by atoms with van der Waals surface area (Å²) in [6.07, 6.45) is 4.80. The lowest BCUT2D eigenvalue weighted by molar-refractivity contribution is -0.145. The lowest BCUT2D eigenvalue weighted by atomic mass is 10.1. The molecule has 7 nitrogen and oxygen atoms in total. The maximum atomic E-state index is 12.5. The summed E-state index contributed by atoms with van der Waals surface area (Å²) >= 11 is 0. The summed E-state index contributed by atoms with van der Waals surface area (Å²) < 4.78 is 5.25. The molecule has 7 heteroatoms. The van der Waals surface area contributed by atoms with Gasteiger partial charge in [-0.15, -0.1) is 0 Å². The highest BCUT2D eigenvalue weighted by Gasteiger charge is 2.27. The second kappa shape index (κ2) is 12.1. The van der Waals surface area contributed by atoms with Crippen molar-refractivity contribution >= 4 is 17.8 Å². The highest BCUT2D eigenvalue weighted by atomic mass is 16.5. The molecule has 1 aromatic rings. The summed E-state index contributed by atoms with van der Waals surface area (Å²) in [5, 5.41) is 3.15. The molecule has 2 rings (SSSR count). The van der Waals surface area contributed by atoms with Gasteiger partial charge < -0.3 is 20.7 Å². The van der Waals surface area contributed by atoms with Crippen LogP contribution in [0.3, 0.4) is 0 Å². The van der Waals surface area contributed by atoms with E-state index in [2.05, 4.69) is 5.32 Å². The van der Waals surface area contributed by atoms with Crippen LogP contribution in [0, 0.1) is 0 Å². The number of nitrogens with two attached hydrogens (primary N) is 1. The Balaban J connectivity index is 1.58. The topological polar surface area (TPSA) is 102 Å². The number of nitrogens with one attached hydrogen (secondary N) is 1. The van der Waals surface area contributed by atoms with Crippen LogP contribution in [0.25, 0.3) is 0 Å². The monoisotopic (exact) mass is 389 g/mol. The van der Waals surface area contributed by atoms with Crippen LogP contribution in [-0.2, 0) is 25.7 Å². The number of carbonyl (C=O) groups is 3. The zero-order chi connectivity index (χ0) is 20.2. The molecule has 1 aromatic carbocycles. The van der Waals surface area contributed by atoms with Crippen molar-refractivity contribution < 1.29 is 19.1 Å². The van der Waals surface area contributed by atoms with E-state index in [4.69, 9.17) is 10.5 Å². The van der Waals surface area contributed by atoms with E-state index in [1.165, 1.54) is 0 Å². The van der Waals surface area contributed by atoms with Crippen LogP contribution >= 0.6 is 0 Å². The first kappa shape index (κ1) is 21.9. The molecule has 1 fully saturated rings. The molecule has 1 atom stereocenters. The summed E-state index contributed by atoms with van der Waals surface area (Å²) in [6, 6.07) is 9.04. The molecule has 0 bridgehead atoms. The maximum Gasteiger partial charge on any atom is 0.306 e. The van der Waals surface area contributed by atoms with E-state index in [0.717, 1.165) is 50.8 Å². The number of esters is 1. The fraction of sp³-hybridized carbons (Fsp3) is 0.571. The summed E-state index contributed by atoms with van der Waals surface area (Å²) in [6.45, 7) is 2.41.